The van der Waals surface area contributed by atoms with Gasteiger partial charge in [-0.3, -0.25) is 0 Å². The van der Waals surface area contributed by atoms with E-state index in [0.717, 1.165) is 19.7 Å². The third-order valence-corrected chi connectivity index (χ3v) is 1.44. The van der Waals surface area contributed by atoms with Crippen molar-refractivity contribution in [3.63, 3.8) is 0 Å². The molecule has 0 bridgehead atoms. The molecule has 0 N–H and O–H groups in total. The molecule has 2 nitrogen and oxygen atoms in total. The smallest absolute Gasteiger partial charge is 0.0674 e. The van der Waals surface area contributed by atoms with Gasteiger partial charge >= 0.3 is 0 Å². The van der Waals surface area contributed by atoms with E-state index in [4.69, 9.17) is 4.74 Å². The number of ether oxygens (including phenoxy) is 1. The minimum Gasteiger partial charge on any atom is -0.376 e. The predicted octanol–water partition coefficient (Wildman–Crippen LogP) is 1.75. The molecule has 0 spiro atoms. The molecule has 1 aliphatic heterocycles. The molecule has 68 valence electrons. The van der Waals surface area contributed by atoms with Gasteiger partial charge in [0, 0.05) is 13.1 Å². The third-order valence-electron chi connectivity index (χ3n) is 1.44. The lowest BCUT2D eigenvalue weighted by Crippen LogP contribution is -2.38. The fraction of sp³-hybridized carbons (Fsp3) is 1.00. The van der Waals surface area contributed by atoms with Crippen LogP contribution in [0.3, 0.4) is 0 Å². The highest BCUT2D eigenvalue weighted by atomic mass is 16.5. The van der Waals surface area contributed by atoms with Crippen LogP contribution in [-0.2, 0) is 4.74 Å². The van der Waals surface area contributed by atoms with Crippen LogP contribution in [0.4, 0.5) is 0 Å². The average molecular weight is 159 g/mol. The molecule has 0 amide bonds. The van der Waals surface area contributed by atoms with Crippen molar-refractivity contribution in [2.24, 2.45) is 0 Å². The second-order valence-corrected chi connectivity index (χ2v) is 3.15. The number of nitrogens with zero attached hydrogens (tertiary/aromatic N) is 1. The Bertz CT molecular complexity index is 77.6. The van der Waals surface area contributed by atoms with Crippen molar-refractivity contribution in [2.75, 3.05) is 26.7 Å². The van der Waals surface area contributed by atoms with Crippen LogP contribution in [-0.4, -0.2) is 37.7 Å². The summed E-state index contributed by atoms with van der Waals surface area (Å²) in [6.07, 6.45) is 1.69. The fourth-order valence-electron chi connectivity index (χ4n) is 0.993. The number of hydrogen-bond acceptors (Lipinski definition) is 2. The number of likely N-dealkylation sites (N-methyl/N-ethyl adjacent to an activating group) is 1. The maximum atomic E-state index is 5.31. The van der Waals surface area contributed by atoms with Gasteiger partial charge < -0.3 is 9.64 Å². The van der Waals surface area contributed by atoms with Crippen LogP contribution in [0.5, 0.6) is 0 Å². The molecule has 0 aromatic carbocycles. The van der Waals surface area contributed by atoms with Gasteiger partial charge in [-0.25, -0.2) is 0 Å². The van der Waals surface area contributed by atoms with E-state index in [9.17, 15) is 0 Å². The van der Waals surface area contributed by atoms with Crippen molar-refractivity contribution in [2.45, 2.75) is 33.3 Å². The summed E-state index contributed by atoms with van der Waals surface area (Å²) in [7, 11) is 2.12. The lowest BCUT2D eigenvalue weighted by molar-refractivity contribution is -0.00861. The molecule has 0 aromatic rings. The highest BCUT2D eigenvalue weighted by Crippen LogP contribution is 1.99. The topological polar surface area (TPSA) is 12.5 Å². The van der Waals surface area contributed by atoms with Crippen LogP contribution < -0.4 is 0 Å². The van der Waals surface area contributed by atoms with Gasteiger partial charge in [0.2, 0.25) is 0 Å². The maximum Gasteiger partial charge on any atom is 0.0674 e. The van der Waals surface area contributed by atoms with Crippen molar-refractivity contribution in [1.29, 1.82) is 0 Å². The number of rotatable bonds is 0. The van der Waals surface area contributed by atoms with Crippen molar-refractivity contribution < 1.29 is 4.74 Å². The summed E-state index contributed by atoms with van der Waals surface area (Å²) in [6.45, 7) is 9.43. The Kier molecular flexibility index (Phi) is 6.57. The molecule has 0 aromatic heterocycles. The number of hydrogen-bond donors (Lipinski definition) is 0. The predicted molar refractivity (Wildman–Crippen MR) is 48.9 cm³/mol. The molecule has 2 heteroatoms. The Morgan fingerprint density at radius 2 is 2.00 bits per heavy atom. The molecular formula is C9H21NO. The van der Waals surface area contributed by atoms with E-state index >= 15 is 0 Å². The van der Waals surface area contributed by atoms with Gasteiger partial charge in [-0.1, -0.05) is 20.3 Å². The van der Waals surface area contributed by atoms with E-state index in [1.165, 1.54) is 6.42 Å². The normalized spacial score (nSPS) is 25.6. The molecule has 1 atom stereocenters. The summed E-state index contributed by atoms with van der Waals surface area (Å²) in [5.74, 6) is 0. The van der Waals surface area contributed by atoms with Gasteiger partial charge in [0.25, 0.3) is 0 Å². The van der Waals surface area contributed by atoms with Crippen LogP contribution in [0.2, 0.25) is 0 Å². The van der Waals surface area contributed by atoms with E-state index in [-0.39, 0.29) is 0 Å². The van der Waals surface area contributed by atoms with Gasteiger partial charge in [0.1, 0.15) is 0 Å². The van der Waals surface area contributed by atoms with E-state index < -0.39 is 0 Å². The molecule has 1 aliphatic rings. The van der Waals surface area contributed by atoms with Gasteiger partial charge in [-0.2, -0.15) is 0 Å². The first-order valence-electron chi connectivity index (χ1n) is 4.50. The van der Waals surface area contributed by atoms with Crippen LogP contribution >= 0.6 is 0 Å². The number of morpholine rings is 1. The van der Waals surface area contributed by atoms with Gasteiger partial charge in [-0.05, 0) is 14.0 Å². The van der Waals surface area contributed by atoms with E-state index in [2.05, 4.69) is 32.7 Å². The highest BCUT2D eigenvalue weighted by Gasteiger charge is 2.11. The first kappa shape index (κ1) is 10.9. The van der Waals surface area contributed by atoms with Gasteiger partial charge in [-0.15, -0.1) is 0 Å². The lowest BCUT2D eigenvalue weighted by atomic mass is 10.3. The summed E-state index contributed by atoms with van der Waals surface area (Å²) in [4.78, 5) is 2.29. The summed E-state index contributed by atoms with van der Waals surface area (Å²) in [6, 6.07) is 0. The van der Waals surface area contributed by atoms with E-state index in [1.807, 2.05) is 0 Å². The molecule has 1 saturated heterocycles. The fourth-order valence-corrected chi connectivity index (χ4v) is 0.993. The first-order chi connectivity index (χ1) is 5.20. The van der Waals surface area contributed by atoms with Crippen molar-refractivity contribution in [3.8, 4) is 0 Å². The molecule has 0 radical (unpaired) electrons. The molecule has 0 aliphatic carbocycles. The Hall–Kier alpha value is -0.0800. The molecular weight excluding hydrogens is 138 g/mol. The first-order valence-corrected chi connectivity index (χ1v) is 4.50. The monoisotopic (exact) mass is 159 g/mol. The largest absolute Gasteiger partial charge is 0.376 e. The summed E-state index contributed by atoms with van der Waals surface area (Å²) < 4.78 is 5.31. The van der Waals surface area contributed by atoms with Crippen LogP contribution in [0.25, 0.3) is 0 Å². The van der Waals surface area contributed by atoms with Crippen molar-refractivity contribution >= 4 is 0 Å². The SMILES string of the molecule is CC1CN(C)CCO1.CCC. The average Bonchev–Trinajstić information content (AvgIpc) is 1.88. The molecule has 11 heavy (non-hydrogen) atoms. The van der Waals surface area contributed by atoms with Crippen LogP contribution in [0, 0.1) is 0 Å². The Morgan fingerprint density at radius 1 is 1.45 bits per heavy atom. The zero-order valence-corrected chi connectivity index (χ0v) is 8.26. The molecule has 0 saturated carbocycles. The maximum absolute atomic E-state index is 5.31. The second kappa shape index (κ2) is 6.62. The quantitative estimate of drug-likeness (QED) is 0.534. The summed E-state index contributed by atoms with van der Waals surface area (Å²) >= 11 is 0. The van der Waals surface area contributed by atoms with E-state index in [1.54, 1.807) is 0 Å². The minimum atomic E-state index is 0.439. The Morgan fingerprint density at radius 3 is 2.27 bits per heavy atom. The molecule has 1 fully saturated rings. The summed E-state index contributed by atoms with van der Waals surface area (Å²) in [5.41, 5.74) is 0. The van der Waals surface area contributed by atoms with Crippen LogP contribution in [0.15, 0.2) is 0 Å². The van der Waals surface area contributed by atoms with Crippen LogP contribution in [0.1, 0.15) is 27.2 Å². The van der Waals surface area contributed by atoms with E-state index in [0.29, 0.717) is 6.10 Å². The van der Waals surface area contributed by atoms with Crippen molar-refractivity contribution in [3.05, 3.63) is 0 Å². The zero-order valence-electron chi connectivity index (χ0n) is 8.26. The molecule has 1 rings (SSSR count). The van der Waals surface area contributed by atoms with Gasteiger partial charge in [0.15, 0.2) is 0 Å². The Labute approximate surface area is 70.5 Å². The van der Waals surface area contributed by atoms with Gasteiger partial charge in [0.05, 0.1) is 12.7 Å². The third kappa shape index (κ3) is 6.32. The standard InChI is InChI=1S/C6H13NO.C3H8/c1-6-5-7(2)3-4-8-6;1-3-2/h6H,3-5H2,1-2H3;3H2,1-2H3. The molecule has 1 unspecified atom stereocenters. The van der Waals surface area contributed by atoms with Crippen molar-refractivity contribution in [1.82, 2.24) is 4.90 Å². The Balaban J connectivity index is 0.000000292. The minimum absolute atomic E-state index is 0.439. The lowest BCUT2D eigenvalue weighted by Gasteiger charge is -2.27. The second-order valence-electron chi connectivity index (χ2n) is 3.15. The zero-order chi connectivity index (χ0) is 8.69. The highest BCUT2D eigenvalue weighted by molar-refractivity contribution is 4.62. The summed E-state index contributed by atoms with van der Waals surface area (Å²) in [5, 5.41) is 0. The molecule has 1 heterocycles.